The van der Waals surface area contributed by atoms with E-state index in [9.17, 15) is 5.11 Å². The number of halogens is 1. The lowest BCUT2D eigenvalue weighted by atomic mass is 10.2. The summed E-state index contributed by atoms with van der Waals surface area (Å²) in [5.41, 5.74) is 0.672. The molecule has 3 nitrogen and oxygen atoms in total. The van der Waals surface area contributed by atoms with Crippen LogP contribution in [0.1, 0.15) is 16.5 Å². The molecule has 0 radical (unpaired) electrons. The smallest absolute Gasteiger partial charge is 0.116 e. The van der Waals surface area contributed by atoms with Crippen LogP contribution in [0.2, 0.25) is 4.34 Å². The topological polar surface area (TPSA) is 46.0 Å². The van der Waals surface area contributed by atoms with E-state index in [0.717, 1.165) is 4.88 Å². The number of rotatable bonds is 2. The molecule has 5 heteroatoms. The van der Waals surface area contributed by atoms with E-state index in [1.54, 1.807) is 24.5 Å². The minimum absolute atomic E-state index is 0.663. The van der Waals surface area contributed by atoms with Crippen LogP contribution in [0.15, 0.2) is 30.9 Å². The number of hydrogen-bond donors (Lipinski definition) is 1. The Morgan fingerprint density at radius 1 is 1.29 bits per heavy atom. The van der Waals surface area contributed by atoms with Crippen LogP contribution in [0.25, 0.3) is 0 Å². The van der Waals surface area contributed by atoms with Gasteiger partial charge in [0.05, 0.1) is 4.34 Å². The van der Waals surface area contributed by atoms with Crippen molar-refractivity contribution in [3.8, 4) is 0 Å². The number of hydrogen-bond acceptors (Lipinski definition) is 4. The molecule has 2 rings (SSSR count). The maximum Gasteiger partial charge on any atom is 0.116 e. The average molecular weight is 227 g/mol. The summed E-state index contributed by atoms with van der Waals surface area (Å²) in [7, 11) is 0. The lowest BCUT2D eigenvalue weighted by Gasteiger charge is -2.06. The molecule has 0 saturated carbocycles. The van der Waals surface area contributed by atoms with Crippen molar-refractivity contribution in [1.29, 1.82) is 0 Å². The van der Waals surface area contributed by atoms with Crippen molar-refractivity contribution in [1.82, 2.24) is 9.97 Å². The van der Waals surface area contributed by atoms with E-state index in [2.05, 4.69) is 9.97 Å². The highest BCUT2D eigenvalue weighted by atomic mass is 35.5. The van der Waals surface area contributed by atoms with E-state index in [1.807, 2.05) is 0 Å². The normalized spacial score (nSPS) is 12.7. The van der Waals surface area contributed by atoms with Crippen molar-refractivity contribution in [2.45, 2.75) is 6.10 Å². The van der Waals surface area contributed by atoms with E-state index >= 15 is 0 Å². The minimum atomic E-state index is -0.686. The van der Waals surface area contributed by atoms with Crippen LogP contribution in [-0.4, -0.2) is 15.1 Å². The summed E-state index contributed by atoms with van der Waals surface area (Å²) in [5.74, 6) is 0. The van der Waals surface area contributed by atoms with Crippen molar-refractivity contribution >= 4 is 22.9 Å². The van der Waals surface area contributed by atoms with Gasteiger partial charge in [-0.3, -0.25) is 0 Å². The van der Waals surface area contributed by atoms with E-state index in [-0.39, 0.29) is 0 Å². The van der Waals surface area contributed by atoms with Crippen molar-refractivity contribution in [2.75, 3.05) is 0 Å². The van der Waals surface area contributed by atoms with Gasteiger partial charge in [0.2, 0.25) is 0 Å². The molecule has 0 aliphatic carbocycles. The van der Waals surface area contributed by atoms with Crippen LogP contribution in [0.5, 0.6) is 0 Å². The average Bonchev–Trinajstić information content (AvgIpc) is 2.65. The molecule has 0 aliphatic rings. The van der Waals surface area contributed by atoms with E-state index in [0.29, 0.717) is 9.90 Å². The molecule has 2 aromatic rings. The second-order valence-electron chi connectivity index (χ2n) is 2.72. The molecule has 1 N–H and O–H groups in total. The van der Waals surface area contributed by atoms with E-state index in [1.165, 1.54) is 17.7 Å². The summed E-state index contributed by atoms with van der Waals surface area (Å²) >= 11 is 7.12. The molecular weight excluding hydrogens is 220 g/mol. The first-order valence-electron chi connectivity index (χ1n) is 3.95. The van der Waals surface area contributed by atoms with Gasteiger partial charge >= 0.3 is 0 Å². The highest BCUT2D eigenvalue weighted by Gasteiger charge is 2.12. The highest BCUT2D eigenvalue weighted by Crippen LogP contribution is 2.30. The van der Waals surface area contributed by atoms with Gasteiger partial charge in [-0.1, -0.05) is 11.6 Å². The Kier molecular flexibility index (Phi) is 2.77. The van der Waals surface area contributed by atoms with Gasteiger partial charge in [0.15, 0.2) is 0 Å². The summed E-state index contributed by atoms with van der Waals surface area (Å²) in [4.78, 5) is 8.47. The largest absolute Gasteiger partial charge is 0.383 e. The van der Waals surface area contributed by atoms with Crippen LogP contribution in [-0.2, 0) is 0 Å². The van der Waals surface area contributed by atoms with Crippen LogP contribution in [0.4, 0.5) is 0 Å². The third-order valence-corrected chi connectivity index (χ3v) is 3.04. The van der Waals surface area contributed by atoms with Gasteiger partial charge < -0.3 is 5.11 Å². The summed E-state index contributed by atoms with van der Waals surface area (Å²) in [6, 6.07) is 3.55. The van der Waals surface area contributed by atoms with E-state index in [4.69, 9.17) is 11.6 Å². The van der Waals surface area contributed by atoms with Crippen LogP contribution >= 0.6 is 22.9 Å². The molecule has 2 heterocycles. The van der Waals surface area contributed by atoms with Crippen molar-refractivity contribution in [3.05, 3.63) is 45.6 Å². The van der Waals surface area contributed by atoms with Gasteiger partial charge in [0, 0.05) is 22.8 Å². The molecule has 1 atom stereocenters. The predicted molar refractivity (Wildman–Crippen MR) is 55.4 cm³/mol. The molecule has 0 aliphatic heterocycles. The number of aliphatic hydroxyl groups excluding tert-OH is 1. The molecule has 2 aromatic heterocycles. The number of thiophene rings is 1. The molecular formula is C9H7ClN2OS. The molecule has 0 amide bonds. The first-order valence-corrected chi connectivity index (χ1v) is 5.15. The zero-order valence-electron chi connectivity index (χ0n) is 7.09. The molecule has 14 heavy (non-hydrogen) atoms. The van der Waals surface area contributed by atoms with Gasteiger partial charge in [-0.05, 0) is 12.1 Å². The Balaban J connectivity index is 2.29. The molecule has 72 valence electrons. The summed E-state index contributed by atoms with van der Waals surface area (Å²) in [5, 5.41) is 9.88. The fraction of sp³-hybridized carbons (Fsp3) is 0.111. The molecule has 0 bridgehead atoms. The Labute approximate surface area is 90.0 Å². The lowest BCUT2D eigenvalue weighted by Crippen LogP contribution is -1.97. The zero-order chi connectivity index (χ0) is 9.97. The molecule has 0 aromatic carbocycles. The Morgan fingerprint density at radius 2 is 2.00 bits per heavy atom. The fourth-order valence-electron chi connectivity index (χ4n) is 1.09. The molecule has 0 fully saturated rings. The zero-order valence-corrected chi connectivity index (χ0v) is 8.66. The van der Waals surface area contributed by atoms with Gasteiger partial charge in [-0.15, -0.1) is 11.3 Å². The van der Waals surface area contributed by atoms with Crippen LogP contribution < -0.4 is 0 Å². The minimum Gasteiger partial charge on any atom is -0.383 e. The van der Waals surface area contributed by atoms with Gasteiger partial charge in [-0.25, -0.2) is 9.97 Å². The first-order chi connectivity index (χ1) is 6.77. The maximum atomic E-state index is 9.88. The molecule has 1 unspecified atom stereocenters. The third-order valence-electron chi connectivity index (χ3n) is 1.76. The van der Waals surface area contributed by atoms with Gasteiger partial charge in [-0.2, -0.15) is 0 Å². The molecule has 0 spiro atoms. The SMILES string of the molecule is OC(c1cncnc1)c1ccc(Cl)s1. The maximum absolute atomic E-state index is 9.88. The summed E-state index contributed by atoms with van der Waals surface area (Å²) in [6.07, 6.45) is 3.92. The van der Waals surface area contributed by atoms with Crippen molar-refractivity contribution < 1.29 is 5.11 Å². The second kappa shape index (κ2) is 4.04. The standard InChI is InChI=1S/C9H7ClN2OS/c10-8-2-1-7(14-8)9(13)6-3-11-5-12-4-6/h1-5,9,13H. The van der Waals surface area contributed by atoms with Crippen LogP contribution in [0, 0.1) is 0 Å². The van der Waals surface area contributed by atoms with Gasteiger partial charge in [0.25, 0.3) is 0 Å². The lowest BCUT2D eigenvalue weighted by molar-refractivity contribution is 0.223. The second-order valence-corrected chi connectivity index (χ2v) is 4.46. The summed E-state index contributed by atoms with van der Waals surface area (Å²) in [6.45, 7) is 0. The highest BCUT2D eigenvalue weighted by molar-refractivity contribution is 7.16. The monoisotopic (exact) mass is 226 g/mol. The first kappa shape index (κ1) is 9.58. The van der Waals surface area contributed by atoms with Crippen LogP contribution in [0.3, 0.4) is 0 Å². The Morgan fingerprint density at radius 3 is 2.57 bits per heavy atom. The number of aliphatic hydroxyl groups is 1. The van der Waals surface area contributed by atoms with E-state index < -0.39 is 6.10 Å². The Hall–Kier alpha value is -0.970. The Bertz CT molecular complexity index is 418. The van der Waals surface area contributed by atoms with Gasteiger partial charge in [0.1, 0.15) is 12.4 Å². The molecule has 0 saturated heterocycles. The fourth-order valence-corrected chi connectivity index (χ4v) is 2.17. The van der Waals surface area contributed by atoms with Crippen molar-refractivity contribution in [2.24, 2.45) is 0 Å². The third kappa shape index (κ3) is 1.92. The number of nitrogens with zero attached hydrogens (tertiary/aromatic N) is 2. The quantitative estimate of drug-likeness (QED) is 0.855. The number of aromatic nitrogens is 2. The van der Waals surface area contributed by atoms with Crippen molar-refractivity contribution in [3.63, 3.8) is 0 Å². The summed E-state index contributed by atoms with van der Waals surface area (Å²) < 4.78 is 0.663. The predicted octanol–water partition coefficient (Wildman–Crippen LogP) is 2.27.